The summed E-state index contributed by atoms with van der Waals surface area (Å²) in [5.41, 5.74) is 3.59. The molecule has 0 spiro atoms. The second-order valence-electron chi connectivity index (χ2n) is 4.52. The zero-order valence-electron chi connectivity index (χ0n) is 11.9. The van der Waals surface area contributed by atoms with Gasteiger partial charge in [-0.2, -0.15) is 0 Å². The maximum atomic E-state index is 9.12. The van der Waals surface area contributed by atoms with Gasteiger partial charge in [0.25, 0.3) is 0 Å². The van der Waals surface area contributed by atoms with Gasteiger partial charge in [-0.1, -0.05) is 45.4 Å². The van der Waals surface area contributed by atoms with Gasteiger partial charge in [0.15, 0.2) is 0 Å². The van der Waals surface area contributed by atoms with E-state index in [1.807, 2.05) is 30.3 Å². The summed E-state index contributed by atoms with van der Waals surface area (Å²) in [5, 5.41) is 12.5. The fourth-order valence-electron chi connectivity index (χ4n) is 1.95. The van der Waals surface area contributed by atoms with Crippen LogP contribution >= 0.6 is 27.7 Å². The van der Waals surface area contributed by atoms with Crippen LogP contribution in [0.25, 0.3) is 11.6 Å². The molecule has 2 nitrogen and oxygen atoms in total. The summed E-state index contributed by atoms with van der Waals surface area (Å²) < 4.78 is 1.02. The number of halogens is 1. The molecule has 0 unspecified atom stereocenters. The molecule has 0 saturated carbocycles. The first kappa shape index (κ1) is 15.9. The molecule has 0 atom stereocenters. The molecule has 0 saturated heterocycles. The van der Waals surface area contributed by atoms with Gasteiger partial charge >= 0.3 is 0 Å². The minimum absolute atomic E-state index is 0.589. The number of hydrogen-bond donors (Lipinski definition) is 1. The normalized spacial score (nSPS) is 12.5. The summed E-state index contributed by atoms with van der Waals surface area (Å²) in [5.74, 6) is 0. The molecule has 2 aromatic rings. The molecule has 0 aromatic heterocycles. The summed E-state index contributed by atoms with van der Waals surface area (Å²) in [6.07, 6.45) is 4.09. The molecule has 0 amide bonds. The molecule has 0 heterocycles. The molecule has 0 aliphatic rings. The van der Waals surface area contributed by atoms with Gasteiger partial charge in [-0.3, -0.25) is 0 Å². The summed E-state index contributed by atoms with van der Waals surface area (Å²) in [6, 6.07) is 16.3. The molecular formula is C17H16BrNOS. The van der Waals surface area contributed by atoms with E-state index in [0.29, 0.717) is 5.71 Å². The van der Waals surface area contributed by atoms with E-state index in [4.69, 9.17) is 5.21 Å². The lowest BCUT2D eigenvalue weighted by molar-refractivity contribution is 0.319. The number of thioether (sulfide) groups is 1. The van der Waals surface area contributed by atoms with Gasteiger partial charge < -0.3 is 5.21 Å². The maximum absolute atomic E-state index is 9.12. The lowest BCUT2D eigenvalue weighted by Crippen LogP contribution is -1.97. The largest absolute Gasteiger partial charge is 0.411 e. The minimum atomic E-state index is 0.589. The molecule has 0 aliphatic carbocycles. The first-order chi connectivity index (χ1) is 10.1. The Labute approximate surface area is 137 Å². The van der Waals surface area contributed by atoms with Crippen LogP contribution in [-0.2, 0) is 0 Å². The van der Waals surface area contributed by atoms with Gasteiger partial charge in [-0.15, -0.1) is 11.8 Å². The van der Waals surface area contributed by atoms with Crippen LogP contribution in [0.1, 0.15) is 18.1 Å². The minimum Gasteiger partial charge on any atom is -0.411 e. The lowest BCUT2D eigenvalue weighted by Gasteiger charge is -2.07. The van der Waals surface area contributed by atoms with Crippen LogP contribution in [0.4, 0.5) is 0 Å². The zero-order chi connectivity index (χ0) is 15.2. The fraction of sp³-hybridized carbons (Fsp3) is 0.118. The van der Waals surface area contributed by atoms with Crippen molar-refractivity contribution in [3.63, 3.8) is 0 Å². The molecule has 4 heteroatoms. The molecule has 2 aromatic carbocycles. The van der Waals surface area contributed by atoms with Gasteiger partial charge in [-0.05, 0) is 54.6 Å². The SMILES string of the molecule is CSc1ccc(C=C(C(C)=NO)c2ccc(Br)cc2)cc1. The Morgan fingerprint density at radius 1 is 1.10 bits per heavy atom. The molecule has 108 valence electrons. The summed E-state index contributed by atoms with van der Waals surface area (Å²) in [4.78, 5) is 1.23. The van der Waals surface area contributed by atoms with Crippen molar-refractivity contribution in [1.82, 2.24) is 0 Å². The summed E-state index contributed by atoms with van der Waals surface area (Å²) in [6.45, 7) is 1.80. The smallest absolute Gasteiger partial charge is 0.0843 e. The predicted octanol–water partition coefficient (Wildman–Crippen LogP) is 5.56. The van der Waals surface area contributed by atoms with Crippen LogP contribution in [0.15, 0.2) is 63.1 Å². The monoisotopic (exact) mass is 361 g/mol. The van der Waals surface area contributed by atoms with Crippen LogP contribution in [0.2, 0.25) is 0 Å². The third kappa shape index (κ3) is 4.22. The highest BCUT2D eigenvalue weighted by Crippen LogP contribution is 2.23. The second kappa shape index (κ2) is 7.48. The number of nitrogens with zero attached hydrogens (tertiary/aromatic N) is 1. The van der Waals surface area contributed by atoms with E-state index in [1.54, 1.807) is 18.7 Å². The lowest BCUT2D eigenvalue weighted by atomic mass is 9.99. The van der Waals surface area contributed by atoms with Crippen molar-refractivity contribution in [2.24, 2.45) is 5.16 Å². The topological polar surface area (TPSA) is 32.6 Å². The number of hydrogen-bond acceptors (Lipinski definition) is 3. The number of oxime groups is 1. The average molecular weight is 362 g/mol. The summed E-state index contributed by atoms with van der Waals surface area (Å²) >= 11 is 5.15. The van der Waals surface area contributed by atoms with Gasteiger partial charge in [0.05, 0.1) is 5.71 Å². The van der Waals surface area contributed by atoms with Gasteiger partial charge in [0.2, 0.25) is 0 Å². The molecule has 0 fully saturated rings. The van der Waals surface area contributed by atoms with E-state index in [0.717, 1.165) is 21.2 Å². The van der Waals surface area contributed by atoms with Gasteiger partial charge in [-0.25, -0.2) is 0 Å². The van der Waals surface area contributed by atoms with Crippen LogP contribution in [0, 0.1) is 0 Å². The van der Waals surface area contributed by atoms with Crippen LogP contribution < -0.4 is 0 Å². The van der Waals surface area contributed by atoms with Crippen molar-refractivity contribution in [2.75, 3.05) is 6.26 Å². The van der Waals surface area contributed by atoms with E-state index in [-0.39, 0.29) is 0 Å². The van der Waals surface area contributed by atoms with Crippen molar-refractivity contribution in [1.29, 1.82) is 0 Å². The Morgan fingerprint density at radius 3 is 2.24 bits per heavy atom. The quantitative estimate of drug-likeness (QED) is 0.254. The highest BCUT2D eigenvalue weighted by molar-refractivity contribution is 9.10. The number of allylic oxidation sites excluding steroid dienone is 1. The van der Waals surface area contributed by atoms with Crippen molar-refractivity contribution in [3.05, 3.63) is 64.1 Å². The Morgan fingerprint density at radius 2 is 1.71 bits per heavy atom. The van der Waals surface area contributed by atoms with Gasteiger partial charge in [0, 0.05) is 14.9 Å². The first-order valence-corrected chi connectivity index (χ1v) is 8.46. The van der Waals surface area contributed by atoms with Crippen molar-refractivity contribution in [2.45, 2.75) is 11.8 Å². The van der Waals surface area contributed by atoms with Crippen molar-refractivity contribution < 1.29 is 5.21 Å². The number of rotatable bonds is 4. The van der Waals surface area contributed by atoms with E-state index < -0.39 is 0 Å². The molecule has 1 N–H and O–H groups in total. The fourth-order valence-corrected chi connectivity index (χ4v) is 2.62. The highest BCUT2D eigenvalue weighted by Gasteiger charge is 2.06. The molecule has 0 radical (unpaired) electrons. The van der Waals surface area contributed by atoms with E-state index in [9.17, 15) is 0 Å². The van der Waals surface area contributed by atoms with E-state index in [1.165, 1.54) is 4.90 Å². The highest BCUT2D eigenvalue weighted by atomic mass is 79.9. The molecule has 2 rings (SSSR count). The maximum Gasteiger partial charge on any atom is 0.0843 e. The zero-order valence-corrected chi connectivity index (χ0v) is 14.3. The third-order valence-corrected chi connectivity index (χ3v) is 4.39. The Kier molecular flexibility index (Phi) is 5.65. The molecule has 0 aliphatic heterocycles. The predicted molar refractivity (Wildman–Crippen MR) is 95.1 cm³/mol. The Bertz CT molecular complexity index is 660. The molecule has 21 heavy (non-hydrogen) atoms. The Balaban J connectivity index is 2.44. The number of benzene rings is 2. The van der Waals surface area contributed by atoms with E-state index in [2.05, 4.69) is 51.6 Å². The van der Waals surface area contributed by atoms with Crippen LogP contribution in [-0.4, -0.2) is 17.2 Å². The van der Waals surface area contributed by atoms with Crippen LogP contribution in [0.3, 0.4) is 0 Å². The average Bonchev–Trinajstić information content (AvgIpc) is 2.53. The van der Waals surface area contributed by atoms with Gasteiger partial charge in [0.1, 0.15) is 0 Å². The summed E-state index contributed by atoms with van der Waals surface area (Å²) in [7, 11) is 0. The second-order valence-corrected chi connectivity index (χ2v) is 6.32. The first-order valence-electron chi connectivity index (χ1n) is 6.45. The van der Waals surface area contributed by atoms with Crippen molar-refractivity contribution in [3.8, 4) is 0 Å². The standard InChI is InChI=1S/C17H16BrNOS/c1-12(19-20)17(14-5-7-15(18)8-6-14)11-13-3-9-16(21-2)10-4-13/h3-11,20H,1-2H3. The third-order valence-electron chi connectivity index (χ3n) is 3.12. The molecular weight excluding hydrogens is 346 g/mol. The van der Waals surface area contributed by atoms with E-state index >= 15 is 0 Å². The molecule has 0 bridgehead atoms. The van der Waals surface area contributed by atoms with Crippen LogP contribution in [0.5, 0.6) is 0 Å². The van der Waals surface area contributed by atoms with Crippen molar-refractivity contribution >= 4 is 45.1 Å². The Hall–Kier alpha value is -1.52.